The number of aliphatic hydroxyl groups is 1. The predicted molar refractivity (Wildman–Crippen MR) is 91.6 cm³/mol. The zero-order valence-electron chi connectivity index (χ0n) is 14.9. The summed E-state index contributed by atoms with van der Waals surface area (Å²) in [6, 6.07) is 0.254. The average Bonchev–Trinajstić information content (AvgIpc) is 3.22. The first-order chi connectivity index (χ1) is 11.5. The van der Waals surface area contributed by atoms with Crippen molar-refractivity contribution in [3.63, 3.8) is 0 Å². The van der Waals surface area contributed by atoms with Gasteiger partial charge in [-0.3, -0.25) is 9.58 Å². The van der Waals surface area contributed by atoms with E-state index in [1.165, 1.54) is 5.56 Å². The van der Waals surface area contributed by atoms with Crippen LogP contribution in [-0.2, 0) is 18.6 Å². The molecule has 1 saturated heterocycles. The van der Waals surface area contributed by atoms with E-state index in [0.29, 0.717) is 12.2 Å². The molecular weight excluding hydrogens is 304 g/mol. The number of likely N-dealkylation sites (tertiary alicyclic amines) is 1. The maximum absolute atomic E-state index is 11.1. The third kappa shape index (κ3) is 3.67. The van der Waals surface area contributed by atoms with Gasteiger partial charge in [-0.2, -0.15) is 5.10 Å². The average molecular weight is 332 g/mol. The fraction of sp³-hybridized carbons (Fsp3) is 0.706. The van der Waals surface area contributed by atoms with Crippen LogP contribution in [0.4, 0.5) is 0 Å². The lowest BCUT2D eigenvalue weighted by Gasteiger charge is -2.38. The van der Waals surface area contributed by atoms with Crippen molar-refractivity contribution in [2.45, 2.75) is 58.2 Å². The first-order valence-electron chi connectivity index (χ1n) is 8.88. The van der Waals surface area contributed by atoms with Crippen molar-refractivity contribution in [2.24, 2.45) is 0 Å². The maximum atomic E-state index is 11.1. The molecule has 0 saturated carbocycles. The molecule has 3 heterocycles. The summed E-state index contributed by atoms with van der Waals surface area (Å²) in [7, 11) is 0. The molecule has 0 bridgehead atoms. The molecule has 0 aromatic carbocycles. The summed E-state index contributed by atoms with van der Waals surface area (Å²) in [5.74, 6) is 0. The molecule has 2 aromatic rings. The van der Waals surface area contributed by atoms with Crippen LogP contribution in [0.15, 0.2) is 18.6 Å². The third-order valence-electron chi connectivity index (χ3n) is 4.79. The van der Waals surface area contributed by atoms with Gasteiger partial charge in [0.2, 0.25) is 0 Å². The van der Waals surface area contributed by atoms with Crippen molar-refractivity contribution in [3.8, 4) is 0 Å². The summed E-state index contributed by atoms with van der Waals surface area (Å²) < 4.78 is 3.76. The predicted octanol–water partition coefficient (Wildman–Crippen LogP) is 1.60. The van der Waals surface area contributed by atoms with Gasteiger partial charge in [-0.05, 0) is 52.1 Å². The molecule has 0 amide bonds. The van der Waals surface area contributed by atoms with Crippen LogP contribution in [0.3, 0.4) is 0 Å². The Labute approximate surface area is 143 Å². The molecule has 132 valence electrons. The topological polar surface area (TPSA) is 72.0 Å². The summed E-state index contributed by atoms with van der Waals surface area (Å²) in [5.41, 5.74) is 1.05. The number of β-amino-alcohol motifs (C(OH)–C–C–N with tert-alkyl or cyclic N) is 1. The van der Waals surface area contributed by atoms with Gasteiger partial charge in [0.25, 0.3) is 0 Å². The molecule has 2 aromatic heterocycles. The molecule has 1 aliphatic rings. The summed E-state index contributed by atoms with van der Waals surface area (Å²) >= 11 is 0. The largest absolute Gasteiger partial charge is 0.382 e. The van der Waals surface area contributed by atoms with Crippen LogP contribution in [0.5, 0.6) is 0 Å². The Morgan fingerprint density at radius 3 is 2.83 bits per heavy atom. The molecule has 1 N–H and O–H groups in total. The highest BCUT2D eigenvalue weighted by atomic mass is 16.3. The minimum absolute atomic E-state index is 0.254. The van der Waals surface area contributed by atoms with Crippen LogP contribution >= 0.6 is 0 Å². The summed E-state index contributed by atoms with van der Waals surface area (Å²) in [4.78, 5) is 2.32. The quantitative estimate of drug-likeness (QED) is 0.870. The first-order valence-corrected chi connectivity index (χ1v) is 8.88. The van der Waals surface area contributed by atoms with Gasteiger partial charge in [0.05, 0.1) is 12.4 Å². The monoisotopic (exact) mass is 332 g/mol. The van der Waals surface area contributed by atoms with E-state index in [0.717, 1.165) is 38.9 Å². The lowest BCUT2D eigenvalue weighted by molar-refractivity contribution is -0.0385. The van der Waals surface area contributed by atoms with Crippen LogP contribution in [0, 0.1) is 0 Å². The van der Waals surface area contributed by atoms with Crippen LogP contribution in [0.1, 0.15) is 50.9 Å². The highest BCUT2D eigenvalue weighted by Gasteiger charge is 2.37. The van der Waals surface area contributed by atoms with Crippen LogP contribution in [-0.4, -0.2) is 54.4 Å². The molecule has 1 aliphatic heterocycles. The highest BCUT2D eigenvalue weighted by molar-refractivity contribution is 5.10. The Morgan fingerprint density at radius 2 is 2.17 bits per heavy atom. The van der Waals surface area contributed by atoms with Gasteiger partial charge in [0.15, 0.2) is 0 Å². The van der Waals surface area contributed by atoms with E-state index in [9.17, 15) is 5.11 Å². The van der Waals surface area contributed by atoms with Gasteiger partial charge in [-0.15, -0.1) is 5.10 Å². The lowest BCUT2D eigenvalue weighted by Crippen LogP contribution is -2.46. The van der Waals surface area contributed by atoms with Gasteiger partial charge in [0, 0.05) is 31.9 Å². The number of piperidine rings is 1. The SMILES string of the molecule is CCn1cc(CCN2CCCC(O)(c3cn(C(C)C)nn3)C2)cn1. The van der Waals surface area contributed by atoms with Crippen molar-refractivity contribution in [2.75, 3.05) is 19.6 Å². The van der Waals surface area contributed by atoms with E-state index in [2.05, 4.69) is 47.3 Å². The summed E-state index contributed by atoms with van der Waals surface area (Å²) in [5, 5.41) is 23.8. The fourth-order valence-electron chi connectivity index (χ4n) is 3.26. The van der Waals surface area contributed by atoms with Crippen molar-refractivity contribution < 1.29 is 5.11 Å². The molecular formula is C17H28N6O. The van der Waals surface area contributed by atoms with E-state index < -0.39 is 5.60 Å². The second kappa shape index (κ2) is 7.03. The minimum atomic E-state index is -0.890. The Bertz CT molecular complexity index is 664. The Kier molecular flexibility index (Phi) is 5.01. The number of aryl methyl sites for hydroxylation is 1. The standard InChI is InChI=1S/C17H28N6O/c1-4-22-11-15(10-18-22)6-9-21-8-5-7-17(24,13-21)16-12-23(14(2)3)20-19-16/h10-12,14,24H,4-9,13H2,1-3H3. The lowest BCUT2D eigenvalue weighted by atomic mass is 9.90. The Balaban J connectivity index is 1.62. The molecule has 1 fully saturated rings. The number of nitrogens with zero attached hydrogens (tertiary/aromatic N) is 6. The van der Waals surface area contributed by atoms with Crippen molar-refractivity contribution in [1.29, 1.82) is 0 Å². The minimum Gasteiger partial charge on any atom is -0.382 e. The smallest absolute Gasteiger partial charge is 0.123 e. The molecule has 7 nitrogen and oxygen atoms in total. The van der Waals surface area contributed by atoms with Gasteiger partial charge in [-0.25, -0.2) is 4.68 Å². The molecule has 0 aliphatic carbocycles. The first kappa shape index (κ1) is 17.1. The van der Waals surface area contributed by atoms with Crippen molar-refractivity contribution in [1.82, 2.24) is 29.7 Å². The molecule has 0 spiro atoms. The number of aromatic nitrogens is 5. The molecule has 1 unspecified atom stereocenters. The number of hydrogen-bond donors (Lipinski definition) is 1. The molecule has 1 atom stereocenters. The highest BCUT2D eigenvalue weighted by Crippen LogP contribution is 2.30. The van der Waals surface area contributed by atoms with Crippen LogP contribution in [0.25, 0.3) is 0 Å². The Hall–Kier alpha value is -1.73. The summed E-state index contributed by atoms with van der Waals surface area (Å²) in [6.45, 7) is 9.67. The maximum Gasteiger partial charge on any atom is 0.123 e. The zero-order valence-corrected chi connectivity index (χ0v) is 14.9. The van der Waals surface area contributed by atoms with E-state index in [1.54, 1.807) is 0 Å². The normalized spacial score (nSPS) is 22.4. The fourth-order valence-corrected chi connectivity index (χ4v) is 3.26. The molecule has 3 rings (SSSR count). The second-order valence-corrected chi connectivity index (χ2v) is 7.04. The molecule has 24 heavy (non-hydrogen) atoms. The number of rotatable bonds is 6. The van der Waals surface area contributed by atoms with Crippen LogP contribution < -0.4 is 0 Å². The van der Waals surface area contributed by atoms with E-state index in [1.807, 2.05) is 21.8 Å². The molecule has 7 heteroatoms. The van der Waals surface area contributed by atoms with Crippen LogP contribution in [0.2, 0.25) is 0 Å². The zero-order chi connectivity index (χ0) is 17.2. The second-order valence-electron chi connectivity index (χ2n) is 7.04. The van der Waals surface area contributed by atoms with Gasteiger partial charge in [0.1, 0.15) is 11.3 Å². The van der Waals surface area contributed by atoms with E-state index in [4.69, 9.17) is 0 Å². The van der Waals surface area contributed by atoms with Gasteiger partial charge < -0.3 is 5.11 Å². The van der Waals surface area contributed by atoms with E-state index in [-0.39, 0.29) is 6.04 Å². The van der Waals surface area contributed by atoms with Crippen molar-refractivity contribution in [3.05, 3.63) is 29.8 Å². The molecule has 0 radical (unpaired) electrons. The van der Waals surface area contributed by atoms with Gasteiger partial charge >= 0.3 is 0 Å². The van der Waals surface area contributed by atoms with Crippen molar-refractivity contribution >= 4 is 0 Å². The van der Waals surface area contributed by atoms with E-state index >= 15 is 0 Å². The summed E-state index contributed by atoms with van der Waals surface area (Å²) in [6.07, 6.45) is 8.60. The third-order valence-corrected chi connectivity index (χ3v) is 4.79. The Morgan fingerprint density at radius 1 is 1.33 bits per heavy atom. The van der Waals surface area contributed by atoms with Gasteiger partial charge in [-0.1, -0.05) is 5.21 Å². The number of hydrogen-bond acceptors (Lipinski definition) is 5.